The largest absolute Gasteiger partial charge is 0.485 e. The molecule has 0 unspecified atom stereocenters. The second-order valence-electron chi connectivity index (χ2n) is 7.21. The summed E-state index contributed by atoms with van der Waals surface area (Å²) in [6.45, 7) is 0.206. The Morgan fingerprint density at radius 2 is 1.48 bits per heavy atom. The van der Waals surface area contributed by atoms with E-state index >= 15 is 0 Å². The molecule has 0 aliphatic carbocycles. The molecule has 31 heavy (non-hydrogen) atoms. The second kappa shape index (κ2) is 9.80. The number of esters is 1. The number of hydrogen-bond acceptors (Lipinski definition) is 5. The number of ether oxygens (including phenoxy) is 3. The molecule has 1 heterocycles. The van der Waals surface area contributed by atoms with Gasteiger partial charge in [-0.25, -0.2) is 4.79 Å². The van der Waals surface area contributed by atoms with E-state index < -0.39 is 24.0 Å². The van der Waals surface area contributed by atoms with Gasteiger partial charge >= 0.3 is 5.97 Å². The maximum Gasteiger partial charge on any atom is 0.329 e. The van der Waals surface area contributed by atoms with Crippen molar-refractivity contribution in [2.75, 3.05) is 6.61 Å². The molecular weight excluding hydrogens is 394 g/mol. The van der Waals surface area contributed by atoms with E-state index in [1.54, 1.807) is 12.1 Å². The number of para-hydroxylation sites is 2. The molecule has 3 aromatic rings. The number of rotatable bonds is 7. The minimum absolute atomic E-state index is 0.0694. The number of carbonyl (C=O) groups excluding carboxylic acids is 2. The average molecular weight is 417 g/mol. The summed E-state index contributed by atoms with van der Waals surface area (Å²) in [4.78, 5) is 25.7. The van der Waals surface area contributed by atoms with Crippen molar-refractivity contribution in [1.82, 2.24) is 5.32 Å². The van der Waals surface area contributed by atoms with Gasteiger partial charge in [0.15, 0.2) is 11.5 Å². The molecule has 0 saturated carbocycles. The highest BCUT2D eigenvalue weighted by atomic mass is 16.6. The lowest BCUT2D eigenvalue weighted by molar-refractivity contribution is -0.150. The topological polar surface area (TPSA) is 73.9 Å². The summed E-state index contributed by atoms with van der Waals surface area (Å²) >= 11 is 0. The van der Waals surface area contributed by atoms with E-state index in [0.29, 0.717) is 17.9 Å². The molecule has 1 aliphatic rings. The third-order valence-electron chi connectivity index (χ3n) is 4.91. The highest BCUT2D eigenvalue weighted by Gasteiger charge is 2.31. The molecule has 1 aliphatic heterocycles. The fourth-order valence-corrected chi connectivity index (χ4v) is 3.29. The Morgan fingerprint density at radius 3 is 2.19 bits per heavy atom. The lowest BCUT2D eigenvalue weighted by Gasteiger charge is -2.27. The summed E-state index contributed by atoms with van der Waals surface area (Å²) in [5.41, 5.74) is 1.79. The molecule has 0 aromatic heterocycles. The van der Waals surface area contributed by atoms with Gasteiger partial charge in [-0.1, -0.05) is 72.8 Å². The minimum atomic E-state index is -0.852. The second-order valence-corrected chi connectivity index (χ2v) is 7.21. The SMILES string of the molecule is O=C(OCc1ccccc1)[C@H](Cc1ccccc1)NC(=O)[C@H]1COc2ccccc2O1. The summed E-state index contributed by atoms with van der Waals surface area (Å²) in [6, 6.07) is 25.2. The average Bonchev–Trinajstić information content (AvgIpc) is 2.83. The zero-order valence-electron chi connectivity index (χ0n) is 16.9. The molecule has 6 nitrogen and oxygen atoms in total. The third-order valence-corrected chi connectivity index (χ3v) is 4.91. The molecule has 0 saturated heterocycles. The van der Waals surface area contributed by atoms with Crippen LogP contribution in [0.4, 0.5) is 0 Å². The first-order valence-corrected chi connectivity index (χ1v) is 10.1. The first-order valence-electron chi connectivity index (χ1n) is 10.1. The summed E-state index contributed by atoms with van der Waals surface area (Å²) in [6.07, 6.45) is -0.542. The van der Waals surface area contributed by atoms with E-state index in [1.807, 2.05) is 72.8 Å². The number of carbonyl (C=O) groups is 2. The van der Waals surface area contributed by atoms with Gasteiger partial charge < -0.3 is 19.5 Å². The van der Waals surface area contributed by atoms with Crippen molar-refractivity contribution in [3.05, 3.63) is 96.1 Å². The quantitative estimate of drug-likeness (QED) is 0.597. The summed E-state index contributed by atoms with van der Waals surface area (Å²) < 4.78 is 16.9. The van der Waals surface area contributed by atoms with Crippen LogP contribution in [-0.4, -0.2) is 30.6 Å². The van der Waals surface area contributed by atoms with Crippen LogP contribution in [0, 0.1) is 0 Å². The van der Waals surface area contributed by atoms with Crippen LogP contribution in [0.1, 0.15) is 11.1 Å². The Morgan fingerprint density at radius 1 is 0.871 bits per heavy atom. The first kappa shape index (κ1) is 20.5. The predicted octanol–water partition coefficient (Wildman–Crippen LogP) is 3.30. The normalized spacial score (nSPS) is 15.5. The molecule has 1 N–H and O–H groups in total. The number of hydrogen-bond donors (Lipinski definition) is 1. The Kier molecular flexibility index (Phi) is 6.47. The Balaban J connectivity index is 1.43. The van der Waals surface area contributed by atoms with Crippen molar-refractivity contribution in [3.8, 4) is 11.5 Å². The van der Waals surface area contributed by atoms with E-state index in [0.717, 1.165) is 11.1 Å². The Labute approximate surface area is 180 Å². The van der Waals surface area contributed by atoms with Gasteiger partial charge in [-0.05, 0) is 23.3 Å². The van der Waals surface area contributed by atoms with Crippen molar-refractivity contribution in [1.29, 1.82) is 0 Å². The van der Waals surface area contributed by atoms with Gasteiger partial charge in [0.25, 0.3) is 5.91 Å². The molecule has 0 spiro atoms. The highest BCUT2D eigenvalue weighted by molar-refractivity contribution is 5.87. The molecule has 1 amide bonds. The van der Waals surface area contributed by atoms with Crippen molar-refractivity contribution >= 4 is 11.9 Å². The lowest BCUT2D eigenvalue weighted by atomic mass is 10.1. The van der Waals surface area contributed by atoms with Gasteiger partial charge in [0.1, 0.15) is 19.3 Å². The van der Waals surface area contributed by atoms with Gasteiger partial charge in [0, 0.05) is 6.42 Å². The Bertz CT molecular complexity index is 1020. The third kappa shape index (κ3) is 5.42. The molecular formula is C25H23NO5. The minimum Gasteiger partial charge on any atom is -0.485 e. The van der Waals surface area contributed by atoms with E-state index in [4.69, 9.17) is 14.2 Å². The highest BCUT2D eigenvalue weighted by Crippen LogP contribution is 2.30. The molecule has 0 radical (unpaired) electrons. The fourth-order valence-electron chi connectivity index (χ4n) is 3.29. The molecule has 4 rings (SSSR count). The summed E-state index contributed by atoms with van der Waals surface area (Å²) in [7, 11) is 0. The number of benzene rings is 3. The van der Waals surface area contributed by atoms with Gasteiger partial charge in [-0.3, -0.25) is 4.79 Å². The van der Waals surface area contributed by atoms with Gasteiger partial charge in [-0.2, -0.15) is 0 Å². The van der Waals surface area contributed by atoms with Gasteiger partial charge in [-0.15, -0.1) is 0 Å². The van der Waals surface area contributed by atoms with Crippen LogP contribution >= 0.6 is 0 Å². The molecule has 158 valence electrons. The zero-order chi connectivity index (χ0) is 21.5. The lowest BCUT2D eigenvalue weighted by Crippen LogP contribution is -2.51. The van der Waals surface area contributed by atoms with Crippen molar-refractivity contribution < 1.29 is 23.8 Å². The van der Waals surface area contributed by atoms with Gasteiger partial charge in [0.2, 0.25) is 6.10 Å². The van der Waals surface area contributed by atoms with Crippen LogP contribution in [0.3, 0.4) is 0 Å². The number of nitrogens with one attached hydrogen (secondary N) is 1. The standard InChI is InChI=1S/C25H23NO5/c27-24(23-17-29-21-13-7-8-14-22(21)31-23)26-20(15-18-9-3-1-4-10-18)25(28)30-16-19-11-5-2-6-12-19/h1-14,20,23H,15-17H2,(H,26,27)/t20-,23+/m0/s1. The van der Waals surface area contributed by atoms with Crippen LogP contribution < -0.4 is 14.8 Å². The van der Waals surface area contributed by atoms with Crippen LogP contribution in [0.5, 0.6) is 11.5 Å². The summed E-state index contributed by atoms with van der Waals surface area (Å²) in [5, 5.41) is 2.78. The molecule has 2 atom stereocenters. The van der Waals surface area contributed by atoms with Crippen LogP contribution in [0.2, 0.25) is 0 Å². The van der Waals surface area contributed by atoms with E-state index in [2.05, 4.69) is 5.32 Å². The van der Waals surface area contributed by atoms with Crippen LogP contribution in [-0.2, 0) is 27.4 Å². The van der Waals surface area contributed by atoms with Crippen molar-refractivity contribution in [2.24, 2.45) is 0 Å². The summed E-state index contributed by atoms with van der Waals surface area (Å²) in [5.74, 6) is 0.167. The fraction of sp³-hybridized carbons (Fsp3) is 0.200. The van der Waals surface area contributed by atoms with E-state index in [9.17, 15) is 9.59 Å². The van der Waals surface area contributed by atoms with Crippen LogP contribution in [0.25, 0.3) is 0 Å². The number of fused-ring (bicyclic) bond motifs is 1. The number of amides is 1. The molecule has 0 bridgehead atoms. The van der Waals surface area contributed by atoms with E-state index in [-0.39, 0.29) is 13.2 Å². The Hall–Kier alpha value is -3.80. The maximum absolute atomic E-state index is 12.9. The smallest absolute Gasteiger partial charge is 0.329 e. The van der Waals surface area contributed by atoms with Crippen molar-refractivity contribution in [2.45, 2.75) is 25.2 Å². The van der Waals surface area contributed by atoms with E-state index in [1.165, 1.54) is 0 Å². The van der Waals surface area contributed by atoms with Crippen molar-refractivity contribution in [3.63, 3.8) is 0 Å². The predicted molar refractivity (Wildman–Crippen MR) is 115 cm³/mol. The van der Waals surface area contributed by atoms with Crippen LogP contribution in [0.15, 0.2) is 84.9 Å². The van der Waals surface area contributed by atoms with Gasteiger partial charge in [0.05, 0.1) is 0 Å². The molecule has 3 aromatic carbocycles. The maximum atomic E-state index is 12.9. The monoisotopic (exact) mass is 417 g/mol. The first-order chi connectivity index (χ1) is 15.2. The molecule has 6 heteroatoms. The molecule has 0 fully saturated rings. The zero-order valence-corrected chi connectivity index (χ0v) is 16.9.